The lowest BCUT2D eigenvalue weighted by Gasteiger charge is -2.22. The van der Waals surface area contributed by atoms with E-state index in [2.05, 4.69) is 0 Å². The maximum atomic E-state index is 12.9. The Hall–Kier alpha value is -2.53. The van der Waals surface area contributed by atoms with Gasteiger partial charge in [-0.3, -0.25) is 9.59 Å². The second-order valence-corrected chi connectivity index (χ2v) is 6.07. The van der Waals surface area contributed by atoms with E-state index in [-0.39, 0.29) is 36.7 Å². The molecule has 0 aromatic heterocycles. The molecule has 0 spiro atoms. The highest BCUT2D eigenvalue weighted by atomic mass is 19.1. The van der Waals surface area contributed by atoms with Gasteiger partial charge in [0.2, 0.25) is 5.91 Å². The summed E-state index contributed by atoms with van der Waals surface area (Å²) in [6.07, 6.45) is 1.02. The number of ether oxygens (including phenoxy) is 1. The topological polar surface area (TPSA) is 46.6 Å². The number of halogens is 1. The van der Waals surface area contributed by atoms with Crippen LogP contribution in [0, 0.1) is 5.82 Å². The number of Topliss-reactive ketones (excluding diaryl/α,β-unsaturated/α-hetero) is 1. The summed E-state index contributed by atoms with van der Waals surface area (Å²) in [6, 6.07) is 15.2. The maximum absolute atomic E-state index is 12.9. The Labute approximate surface area is 146 Å². The third-order valence-electron chi connectivity index (χ3n) is 4.35. The third kappa shape index (κ3) is 4.31. The van der Waals surface area contributed by atoms with Crippen molar-refractivity contribution in [3.05, 3.63) is 71.5 Å². The van der Waals surface area contributed by atoms with E-state index < -0.39 is 0 Å². The molecule has 1 aliphatic heterocycles. The van der Waals surface area contributed by atoms with Crippen molar-refractivity contribution < 1.29 is 18.7 Å². The molecule has 0 radical (unpaired) electrons. The van der Waals surface area contributed by atoms with E-state index in [0.717, 1.165) is 5.56 Å². The Kier molecular flexibility index (Phi) is 5.56. The van der Waals surface area contributed by atoms with Crippen LogP contribution in [0.1, 0.15) is 41.2 Å². The maximum Gasteiger partial charge on any atom is 0.224 e. The van der Waals surface area contributed by atoms with Gasteiger partial charge in [-0.15, -0.1) is 0 Å². The number of carbonyl (C=O) groups is 2. The second kappa shape index (κ2) is 8.03. The summed E-state index contributed by atoms with van der Waals surface area (Å²) in [5.41, 5.74) is 1.52. The molecule has 0 bridgehead atoms. The van der Waals surface area contributed by atoms with Gasteiger partial charge in [-0.05, 0) is 36.2 Å². The average molecular weight is 341 g/mol. The Morgan fingerprint density at radius 3 is 2.48 bits per heavy atom. The van der Waals surface area contributed by atoms with Crippen LogP contribution in [0.3, 0.4) is 0 Å². The molecule has 0 unspecified atom stereocenters. The molecule has 0 N–H and O–H groups in total. The fourth-order valence-electron chi connectivity index (χ4n) is 2.96. The van der Waals surface area contributed by atoms with Crippen molar-refractivity contribution in [1.82, 2.24) is 4.90 Å². The smallest absolute Gasteiger partial charge is 0.224 e. The average Bonchev–Trinajstić information content (AvgIpc) is 3.13. The Bertz CT molecular complexity index is 730. The van der Waals surface area contributed by atoms with E-state index in [1.165, 1.54) is 24.3 Å². The van der Waals surface area contributed by atoms with Crippen molar-refractivity contribution in [3.8, 4) is 0 Å². The lowest BCUT2D eigenvalue weighted by molar-refractivity contribution is -0.133. The summed E-state index contributed by atoms with van der Waals surface area (Å²) >= 11 is 0. The molecule has 130 valence electrons. The molecule has 0 saturated carbocycles. The number of ketones is 1. The normalized spacial score (nSPS) is 16.8. The number of nitrogens with zero attached hydrogens (tertiary/aromatic N) is 1. The van der Waals surface area contributed by atoms with Gasteiger partial charge in [-0.2, -0.15) is 0 Å². The van der Waals surface area contributed by atoms with Crippen molar-refractivity contribution in [2.45, 2.75) is 25.3 Å². The monoisotopic (exact) mass is 341 g/mol. The molecule has 2 aromatic carbocycles. The van der Waals surface area contributed by atoms with Crippen LogP contribution in [0.15, 0.2) is 54.6 Å². The highest BCUT2D eigenvalue weighted by molar-refractivity contribution is 5.96. The highest BCUT2D eigenvalue weighted by Gasteiger charge is 2.30. The zero-order chi connectivity index (χ0) is 17.6. The summed E-state index contributed by atoms with van der Waals surface area (Å²) in [4.78, 5) is 26.3. The van der Waals surface area contributed by atoms with Gasteiger partial charge in [0.05, 0.1) is 12.6 Å². The van der Waals surface area contributed by atoms with E-state index >= 15 is 0 Å². The number of hydrogen-bond acceptors (Lipinski definition) is 3. The van der Waals surface area contributed by atoms with Gasteiger partial charge in [0.15, 0.2) is 5.78 Å². The van der Waals surface area contributed by atoms with Crippen molar-refractivity contribution in [2.24, 2.45) is 0 Å². The molecule has 4 nitrogen and oxygen atoms in total. The quantitative estimate of drug-likeness (QED) is 0.752. The van der Waals surface area contributed by atoms with Gasteiger partial charge in [0.25, 0.3) is 0 Å². The van der Waals surface area contributed by atoms with E-state index in [1.54, 1.807) is 4.90 Å². The van der Waals surface area contributed by atoms with Crippen molar-refractivity contribution in [3.63, 3.8) is 0 Å². The Morgan fingerprint density at radius 2 is 1.76 bits per heavy atom. The molecule has 5 heteroatoms. The molecule has 1 aliphatic rings. The predicted octanol–water partition coefficient (Wildman–Crippen LogP) is 3.74. The summed E-state index contributed by atoms with van der Waals surface area (Å²) in [7, 11) is 0. The highest BCUT2D eigenvalue weighted by Crippen LogP contribution is 2.27. The first kappa shape index (κ1) is 17.3. The molecule has 3 rings (SSSR count). The van der Waals surface area contributed by atoms with Crippen LogP contribution in [0.25, 0.3) is 0 Å². The fourth-order valence-corrected chi connectivity index (χ4v) is 2.96. The van der Waals surface area contributed by atoms with E-state index in [1.807, 2.05) is 30.3 Å². The Morgan fingerprint density at radius 1 is 1.04 bits per heavy atom. The summed E-state index contributed by atoms with van der Waals surface area (Å²) in [6.45, 7) is 0.772. The minimum Gasteiger partial charge on any atom is -0.359 e. The first-order chi connectivity index (χ1) is 12.1. The Balaban J connectivity index is 1.52. The second-order valence-electron chi connectivity index (χ2n) is 6.07. The number of amides is 1. The minimum atomic E-state index is -0.368. The predicted molar refractivity (Wildman–Crippen MR) is 91.4 cm³/mol. The van der Waals surface area contributed by atoms with Gasteiger partial charge in [-0.1, -0.05) is 30.3 Å². The van der Waals surface area contributed by atoms with Gasteiger partial charge >= 0.3 is 0 Å². The third-order valence-corrected chi connectivity index (χ3v) is 4.35. The van der Waals surface area contributed by atoms with Crippen LogP contribution in [-0.4, -0.2) is 29.9 Å². The van der Waals surface area contributed by atoms with Crippen LogP contribution in [-0.2, 0) is 9.53 Å². The van der Waals surface area contributed by atoms with E-state index in [4.69, 9.17) is 4.74 Å². The molecular formula is C20H20FNO3. The molecule has 1 amide bonds. The minimum absolute atomic E-state index is 0.0155. The first-order valence-corrected chi connectivity index (χ1v) is 8.36. The number of carbonyl (C=O) groups excluding carboxylic acids is 2. The standard InChI is InChI=1S/C20H20FNO3/c21-17-11-9-16(10-12-17)19(23)7-4-8-20(24)22-14-25-13-18(22)15-5-2-1-3-6-15/h1-3,5-6,9-12,18H,4,7-8,13-14H2/t18-/m1/s1. The molecule has 0 aliphatic carbocycles. The van der Waals surface area contributed by atoms with Crippen LogP contribution in [0.2, 0.25) is 0 Å². The summed E-state index contributed by atoms with van der Waals surface area (Å²) in [5, 5.41) is 0. The SMILES string of the molecule is O=C(CCCC(=O)N1COC[C@@H]1c1ccccc1)c1ccc(F)cc1. The van der Waals surface area contributed by atoms with Gasteiger partial charge in [-0.25, -0.2) is 4.39 Å². The molecule has 25 heavy (non-hydrogen) atoms. The fraction of sp³-hybridized carbons (Fsp3) is 0.300. The zero-order valence-corrected chi connectivity index (χ0v) is 13.9. The van der Waals surface area contributed by atoms with Crippen LogP contribution in [0.5, 0.6) is 0 Å². The lowest BCUT2D eigenvalue weighted by Crippen LogP contribution is -2.31. The molecule has 2 aromatic rings. The number of benzene rings is 2. The van der Waals surface area contributed by atoms with Gasteiger partial charge in [0.1, 0.15) is 12.5 Å². The molecule has 1 heterocycles. The van der Waals surface area contributed by atoms with Crippen LogP contribution in [0.4, 0.5) is 4.39 Å². The van der Waals surface area contributed by atoms with E-state index in [0.29, 0.717) is 25.0 Å². The van der Waals surface area contributed by atoms with E-state index in [9.17, 15) is 14.0 Å². The van der Waals surface area contributed by atoms with Crippen molar-refractivity contribution in [2.75, 3.05) is 13.3 Å². The number of rotatable bonds is 6. The zero-order valence-electron chi connectivity index (χ0n) is 13.9. The van der Waals surface area contributed by atoms with Crippen LogP contribution >= 0.6 is 0 Å². The van der Waals surface area contributed by atoms with Gasteiger partial charge < -0.3 is 9.64 Å². The van der Waals surface area contributed by atoms with Gasteiger partial charge in [0, 0.05) is 18.4 Å². The lowest BCUT2D eigenvalue weighted by atomic mass is 10.0. The summed E-state index contributed by atoms with van der Waals surface area (Å²) in [5.74, 6) is -0.462. The largest absolute Gasteiger partial charge is 0.359 e. The molecule has 1 atom stereocenters. The molecular weight excluding hydrogens is 321 g/mol. The molecule has 1 fully saturated rings. The van der Waals surface area contributed by atoms with Crippen LogP contribution < -0.4 is 0 Å². The molecule has 1 saturated heterocycles. The first-order valence-electron chi connectivity index (χ1n) is 8.36. The summed E-state index contributed by atoms with van der Waals surface area (Å²) < 4.78 is 18.3. The van der Waals surface area contributed by atoms with Crippen molar-refractivity contribution >= 4 is 11.7 Å². The number of hydrogen-bond donors (Lipinski definition) is 0. The van der Waals surface area contributed by atoms with Crippen molar-refractivity contribution in [1.29, 1.82) is 0 Å².